The lowest BCUT2D eigenvalue weighted by Gasteiger charge is -2.50. The second-order valence-corrected chi connectivity index (χ2v) is 21.4. The molecule has 4 N–H and O–H groups in total. The Labute approximate surface area is 396 Å². The molecule has 0 aromatic heterocycles. The van der Waals surface area contributed by atoms with Crippen LogP contribution in [0.25, 0.3) is 11.1 Å². The van der Waals surface area contributed by atoms with E-state index in [0.717, 1.165) is 70.2 Å². The van der Waals surface area contributed by atoms with Gasteiger partial charge < -0.3 is 25.2 Å². The number of amides is 2. The van der Waals surface area contributed by atoms with Crippen LogP contribution in [0.1, 0.15) is 111 Å². The Morgan fingerprint density at radius 3 is 2.19 bits per heavy atom. The van der Waals surface area contributed by atoms with E-state index in [1.54, 1.807) is 24.3 Å². The zero-order valence-corrected chi connectivity index (χ0v) is 40.0. The van der Waals surface area contributed by atoms with E-state index in [1.807, 2.05) is 125 Å². The Morgan fingerprint density at radius 1 is 0.761 bits per heavy atom. The van der Waals surface area contributed by atoms with Crippen LogP contribution in [0.2, 0.25) is 0 Å². The zero-order valence-electron chi connectivity index (χ0n) is 39.2. The van der Waals surface area contributed by atoms with Gasteiger partial charge in [0.25, 0.3) is 0 Å². The van der Waals surface area contributed by atoms with Crippen LogP contribution < -0.4 is 15.4 Å². The average Bonchev–Trinajstić information content (AvgIpc) is 3.33. The van der Waals surface area contributed by atoms with Crippen molar-refractivity contribution in [3.63, 3.8) is 0 Å². The first-order chi connectivity index (χ1) is 32.2. The lowest BCUT2D eigenvalue weighted by Crippen LogP contribution is -2.61. The number of aryl methyl sites for hydroxylation is 1. The normalized spacial score (nSPS) is 22.9. The minimum Gasteiger partial charge on any atom is -0.392 e. The third-order valence-electron chi connectivity index (χ3n) is 13.5. The summed E-state index contributed by atoms with van der Waals surface area (Å²) < 4.78 is 43.4. The van der Waals surface area contributed by atoms with Gasteiger partial charge in [0.05, 0.1) is 29.8 Å². The number of nitrogens with zero attached hydrogens (tertiary/aromatic N) is 1. The van der Waals surface area contributed by atoms with Crippen molar-refractivity contribution < 1.29 is 32.6 Å². The molecule has 3 fully saturated rings. The predicted octanol–water partition coefficient (Wildman–Crippen LogP) is 8.84. The van der Waals surface area contributed by atoms with Gasteiger partial charge in [-0.3, -0.25) is 14.5 Å². The molecule has 67 heavy (non-hydrogen) atoms. The van der Waals surface area contributed by atoms with Crippen molar-refractivity contribution in [2.24, 2.45) is 5.92 Å². The summed E-state index contributed by atoms with van der Waals surface area (Å²) in [7, 11) is -3.99. The van der Waals surface area contributed by atoms with Gasteiger partial charge in [-0.05, 0) is 123 Å². The second-order valence-electron chi connectivity index (χ2n) is 19.7. The SMILES string of the molecule is Cc1ccc(S(=O)(=O)N[C@H](Cc2ccccc2)C(=O)NCc2cccc(-c3cccc([C@H]4O[C@@H](CN5[C@@H](C(=O)NC(C)(C)C)CC[C@H]6CCCC[C@H]65)C[C@@H](c5ccc(CO)cc5)O4)c3)c2)cc1. The summed E-state index contributed by atoms with van der Waals surface area (Å²) in [6.45, 7) is 8.75. The fourth-order valence-electron chi connectivity index (χ4n) is 10.0. The predicted molar refractivity (Wildman–Crippen MR) is 261 cm³/mol. The topological polar surface area (TPSA) is 146 Å². The monoisotopic (exact) mass is 926 g/mol. The van der Waals surface area contributed by atoms with Crippen LogP contribution in [0.3, 0.4) is 0 Å². The Kier molecular flexibility index (Phi) is 15.4. The number of fused-ring (bicyclic) bond motifs is 1. The summed E-state index contributed by atoms with van der Waals surface area (Å²) in [4.78, 5) is 30.4. The van der Waals surface area contributed by atoms with E-state index in [-0.39, 0.29) is 54.2 Å². The minimum atomic E-state index is -3.99. The maximum absolute atomic E-state index is 14.0. The van der Waals surface area contributed by atoms with Crippen LogP contribution in [0.15, 0.2) is 132 Å². The number of aliphatic hydroxyl groups is 1. The lowest BCUT2D eigenvalue weighted by atomic mass is 9.75. The third kappa shape index (κ3) is 12.5. The zero-order chi connectivity index (χ0) is 47.1. The number of hydrogen-bond acceptors (Lipinski definition) is 8. The molecule has 0 bridgehead atoms. The van der Waals surface area contributed by atoms with Gasteiger partial charge in [0.1, 0.15) is 6.04 Å². The van der Waals surface area contributed by atoms with Gasteiger partial charge in [0.15, 0.2) is 6.29 Å². The van der Waals surface area contributed by atoms with Gasteiger partial charge in [-0.2, -0.15) is 4.72 Å². The number of ether oxygens (including phenoxy) is 2. The molecule has 2 amide bonds. The molecule has 0 radical (unpaired) electrons. The molecule has 354 valence electrons. The van der Waals surface area contributed by atoms with E-state index in [9.17, 15) is 23.1 Å². The molecule has 2 aliphatic heterocycles. The summed E-state index contributed by atoms with van der Waals surface area (Å²) in [6, 6.07) is 39.0. The van der Waals surface area contributed by atoms with Gasteiger partial charge in [0.2, 0.25) is 21.8 Å². The molecule has 3 aliphatic rings. The van der Waals surface area contributed by atoms with Crippen LogP contribution in [-0.4, -0.2) is 66.6 Å². The molecule has 2 saturated heterocycles. The van der Waals surface area contributed by atoms with E-state index in [1.165, 1.54) is 12.8 Å². The second kappa shape index (κ2) is 21.4. The van der Waals surface area contributed by atoms with Crippen molar-refractivity contribution in [1.29, 1.82) is 0 Å². The highest BCUT2D eigenvalue weighted by Gasteiger charge is 2.44. The minimum absolute atomic E-state index is 0.0408. The molecule has 5 aromatic carbocycles. The van der Waals surface area contributed by atoms with Crippen molar-refractivity contribution in [3.8, 4) is 11.1 Å². The number of sulfonamides is 1. The largest absolute Gasteiger partial charge is 0.392 e. The van der Waals surface area contributed by atoms with Crippen molar-refractivity contribution in [1.82, 2.24) is 20.3 Å². The van der Waals surface area contributed by atoms with Crippen molar-refractivity contribution in [2.75, 3.05) is 6.54 Å². The van der Waals surface area contributed by atoms with Crippen LogP contribution in [-0.2, 0) is 48.7 Å². The van der Waals surface area contributed by atoms with Crippen LogP contribution in [0.5, 0.6) is 0 Å². The molecule has 8 rings (SSSR count). The highest BCUT2D eigenvalue weighted by molar-refractivity contribution is 7.89. The number of aliphatic hydroxyl groups excluding tert-OH is 1. The maximum Gasteiger partial charge on any atom is 0.241 e. The van der Waals surface area contributed by atoms with E-state index < -0.39 is 28.3 Å². The number of rotatable bonds is 15. The van der Waals surface area contributed by atoms with Gasteiger partial charge in [0, 0.05) is 36.7 Å². The smallest absolute Gasteiger partial charge is 0.241 e. The summed E-state index contributed by atoms with van der Waals surface area (Å²) in [5, 5.41) is 16.1. The van der Waals surface area contributed by atoms with Crippen molar-refractivity contribution in [2.45, 2.75) is 139 Å². The molecule has 0 spiro atoms. The Hall–Kier alpha value is -5.21. The first-order valence-corrected chi connectivity index (χ1v) is 25.4. The number of likely N-dealkylation sites (tertiary alicyclic amines) is 1. The molecule has 7 atom stereocenters. The van der Waals surface area contributed by atoms with E-state index in [4.69, 9.17) is 9.47 Å². The molecule has 1 aliphatic carbocycles. The molecule has 12 heteroatoms. The molecule has 0 unspecified atom stereocenters. The molecular formula is C55H66N4O7S. The van der Waals surface area contributed by atoms with Gasteiger partial charge in [-0.15, -0.1) is 0 Å². The fourth-order valence-corrected chi connectivity index (χ4v) is 11.2. The van der Waals surface area contributed by atoms with Gasteiger partial charge in [-0.1, -0.05) is 122 Å². The molecular weight excluding hydrogens is 861 g/mol. The molecule has 1 saturated carbocycles. The van der Waals surface area contributed by atoms with Crippen LogP contribution >= 0.6 is 0 Å². The first-order valence-electron chi connectivity index (χ1n) is 23.9. The van der Waals surface area contributed by atoms with E-state index >= 15 is 0 Å². The Morgan fingerprint density at radius 2 is 1.46 bits per heavy atom. The van der Waals surface area contributed by atoms with Crippen LogP contribution in [0, 0.1) is 12.8 Å². The molecule has 2 heterocycles. The quantitative estimate of drug-likeness (QED) is 0.0815. The number of carbonyl (C=O) groups excluding carboxylic acids is 2. The molecule has 11 nitrogen and oxygen atoms in total. The van der Waals surface area contributed by atoms with Gasteiger partial charge in [-0.25, -0.2) is 8.42 Å². The highest BCUT2D eigenvalue weighted by Crippen LogP contribution is 2.42. The molecule has 5 aromatic rings. The summed E-state index contributed by atoms with van der Waals surface area (Å²) >= 11 is 0. The number of nitrogens with one attached hydrogen (secondary N) is 3. The summed E-state index contributed by atoms with van der Waals surface area (Å²) in [5.41, 5.74) is 6.84. The lowest BCUT2D eigenvalue weighted by molar-refractivity contribution is -0.255. The number of hydrogen-bond donors (Lipinski definition) is 4. The van der Waals surface area contributed by atoms with Crippen molar-refractivity contribution >= 4 is 21.8 Å². The van der Waals surface area contributed by atoms with Crippen molar-refractivity contribution in [3.05, 3.63) is 161 Å². The number of benzene rings is 5. The standard InChI is InChI=1S/C55H66N4O7S/c1-37-20-27-47(28-21-37)67(63,64)58-48(31-38-12-6-5-7-13-38)52(61)56-34-40-14-10-16-43(30-40)44-17-11-18-45(32-44)54-65-46(33-51(66-54)42-24-22-39(36-60)23-25-42)35-59-49-19-9-8-15-41(49)26-29-50(59)53(62)57-55(2,3)4/h5-7,10-14,16-18,20-25,27-28,30,32,41,46,48-51,54,58,60H,8-9,15,19,26,29,31,33-36H2,1-4H3,(H,56,61)(H,57,62)/t41-,46-,48-,49-,50-,51+,54+/m1/s1. The summed E-state index contributed by atoms with van der Waals surface area (Å²) in [5.74, 6) is 0.220. The average molecular weight is 927 g/mol. The third-order valence-corrected chi connectivity index (χ3v) is 14.9. The highest BCUT2D eigenvalue weighted by atomic mass is 32.2. The summed E-state index contributed by atoms with van der Waals surface area (Å²) in [6.07, 6.45) is 6.14. The number of piperidine rings is 1. The van der Waals surface area contributed by atoms with Crippen LogP contribution in [0.4, 0.5) is 0 Å². The van der Waals surface area contributed by atoms with E-state index in [0.29, 0.717) is 24.9 Å². The van der Waals surface area contributed by atoms with Gasteiger partial charge >= 0.3 is 0 Å². The number of carbonyl (C=O) groups is 2. The maximum atomic E-state index is 14.0. The fraction of sp³-hybridized carbons (Fsp3) is 0.418. The Bertz CT molecular complexity index is 2560. The first kappa shape index (κ1) is 48.3. The van der Waals surface area contributed by atoms with E-state index in [2.05, 4.69) is 26.3 Å². The Balaban J connectivity index is 1.01.